The summed E-state index contributed by atoms with van der Waals surface area (Å²) in [6, 6.07) is 15.5. The number of alkyl halides is 1. The highest BCUT2D eigenvalue weighted by atomic mass is 35.5. The predicted molar refractivity (Wildman–Crippen MR) is 92.5 cm³/mol. The van der Waals surface area contributed by atoms with Crippen LogP contribution in [0.5, 0.6) is 0 Å². The first-order chi connectivity index (χ1) is 10.6. The number of nitrogens with zero attached hydrogens (tertiary/aromatic N) is 2. The van der Waals surface area contributed by atoms with Crippen LogP contribution < -0.4 is 4.90 Å². The van der Waals surface area contributed by atoms with E-state index >= 15 is 0 Å². The van der Waals surface area contributed by atoms with Crippen LogP contribution >= 0.6 is 23.2 Å². The molecular weight excluding hydrogens is 319 g/mol. The number of aliphatic hydroxyl groups excluding tert-OH is 1. The van der Waals surface area contributed by atoms with Crippen molar-refractivity contribution in [3.05, 3.63) is 64.7 Å². The number of likely N-dealkylation sites (N-methyl/N-ethyl adjacent to an activating group) is 1. The van der Waals surface area contributed by atoms with E-state index in [9.17, 15) is 5.11 Å². The molecule has 3 rings (SSSR count). The Morgan fingerprint density at radius 2 is 1.77 bits per heavy atom. The number of aliphatic hydroxyl groups is 1. The Kier molecular flexibility index (Phi) is 4.13. The van der Waals surface area contributed by atoms with E-state index in [0.29, 0.717) is 5.02 Å². The van der Waals surface area contributed by atoms with Crippen LogP contribution in [0.3, 0.4) is 0 Å². The van der Waals surface area contributed by atoms with Crippen LogP contribution in [0.2, 0.25) is 5.02 Å². The van der Waals surface area contributed by atoms with Gasteiger partial charge in [-0.1, -0.05) is 59.6 Å². The van der Waals surface area contributed by atoms with Crippen molar-refractivity contribution in [1.29, 1.82) is 0 Å². The van der Waals surface area contributed by atoms with Crippen LogP contribution in [0, 0.1) is 0 Å². The molecule has 5 heteroatoms. The Bertz CT molecular complexity index is 732. The van der Waals surface area contributed by atoms with Gasteiger partial charge in [-0.3, -0.25) is 4.99 Å². The van der Waals surface area contributed by atoms with Gasteiger partial charge in [-0.15, -0.1) is 0 Å². The van der Waals surface area contributed by atoms with Gasteiger partial charge in [0.15, 0.2) is 5.00 Å². The van der Waals surface area contributed by atoms with Crippen molar-refractivity contribution < 1.29 is 5.11 Å². The molecule has 3 nitrogen and oxygen atoms in total. The lowest BCUT2D eigenvalue weighted by Crippen LogP contribution is -2.47. The normalized spacial score (nSPS) is 21.1. The van der Waals surface area contributed by atoms with E-state index < -0.39 is 5.00 Å². The minimum absolute atomic E-state index is 0.196. The van der Waals surface area contributed by atoms with Crippen molar-refractivity contribution in [2.24, 2.45) is 4.99 Å². The third kappa shape index (κ3) is 2.50. The summed E-state index contributed by atoms with van der Waals surface area (Å²) < 4.78 is 0. The molecule has 2 aromatic carbocycles. The molecule has 1 aliphatic heterocycles. The average Bonchev–Trinajstić information content (AvgIpc) is 2.66. The van der Waals surface area contributed by atoms with Crippen molar-refractivity contribution >= 4 is 34.6 Å². The Morgan fingerprint density at radius 3 is 2.45 bits per heavy atom. The molecule has 0 bridgehead atoms. The highest BCUT2D eigenvalue weighted by molar-refractivity contribution is 6.36. The monoisotopic (exact) mass is 334 g/mol. The van der Waals surface area contributed by atoms with Crippen molar-refractivity contribution in [2.75, 3.05) is 25.1 Å². The molecule has 0 radical (unpaired) electrons. The highest BCUT2D eigenvalue weighted by Crippen LogP contribution is 2.35. The van der Waals surface area contributed by atoms with Crippen molar-refractivity contribution in [3.63, 3.8) is 0 Å². The van der Waals surface area contributed by atoms with Gasteiger partial charge < -0.3 is 10.0 Å². The zero-order valence-electron chi connectivity index (χ0n) is 12.1. The number of benzodiazepines with no additional fused rings is 1. The lowest BCUT2D eigenvalue weighted by atomic mass is 10.00. The molecule has 0 aliphatic carbocycles. The molecule has 22 heavy (non-hydrogen) atoms. The van der Waals surface area contributed by atoms with Crippen LogP contribution in [0.4, 0.5) is 5.69 Å². The Morgan fingerprint density at radius 1 is 1.14 bits per heavy atom. The van der Waals surface area contributed by atoms with E-state index in [-0.39, 0.29) is 13.2 Å². The fraction of sp³-hybridized carbons (Fsp3) is 0.235. The maximum absolute atomic E-state index is 9.71. The summed E-state index contributed by atoms with van der Waals surface area (Å²) >= 11 is 12.9. The van der Waals surface area contributed by atoms with Gasteiger partial charge in [0.05, 0.1) is 18.9 Å². The van der Waals surface area contributed by atoms with Gasteiger partial charge in [0.1, 0.15) is 0 Å². The molecule has 0 aromatic heterocycles. The van der Waals surface area contributed by atoms with Crippen molar-refractivity contribution in [1.82, 2.24) is 0 Å². The minimum Gasteiger partial charge on any atom is -0.393 e. The second-order valence-electron chi connectivity index (χ2n) is 5.30. The highest BCUT2D eigenvalue weighted by Gasteiger charge is 2.36. The van der Waals surface area contributed by atoms with E-state index in [1.165, 1.54) is 0 Å². The van der Waals surface area contributed by atoms with Crippen LogP contribution in [0.25, 0.3) is 0 Å². The SMILES string of the molecule is CN1c2ccccc2C(c2ccccc2Cl)=NCC1(Cl)CO. The molecule has 0 spiro atoms. The fourth-order valence-electron chi connectivity index (χ4n) is 2.61. The van der Waals surface area contributed by atoms with Gasteiger partial charge in [0.25, 0.3) is 0 Å². The first-order valence-corrected chi connectivity index (χ1v) is 7.75. The molecule has 0 amide bonds. The summed E-state index contributed by atoms with van der Waals surface area (Å²) in [5, 5.41) is 10.4. The molecule has 1 aliphatic rings. The van der Waals surface area contributed by atoms with E-state index in [1.807, 2.05) is 60.5 Å². The van der Waals surface area contributed by atoms with E-state index in [0.717, 1.165) is 22.5 Å². The van der Waals surface area contributed by atoms with Gasteiger partial charge in [-0.05, 0) is 12.1 Å². The standard InChI is InChI=1S/C17H16Cl2N2O/c1-21-15-9-5-3-7-13(15)16(20-10-17(21,19)11-22)12-6-2-4-8-14(12)18/h2-9,22H,10-11H2,1H3. The van der Waals surface area contributed by atoms with Gasteiger partial charge in [0.2, 0.25) is 0 Å². The fourth-order valence-corrected chi connectivity index (χ4v) is 2.99. The molecule has 114 valence electrons. The predicted octanol–water partition coefficient (Wildman–Crippen LogP) is 3.55. The number of para-hydroxylation sites is 1. The van der Waals surface area contributed by atoms with Gasteiger partial charge in [-0.2, -0.15) is 0 Å². The zero-order chi connectivity index (χ0) is 15.7. The number of fused-ring (bicyclic) bond motifs is 1. The molecular formula is C17H16Cl2N2O. The Labute approximate surface area is 139 Å². The van der Waals surface area contributed by atoms with Crippen LogP contribution in [-0.4, -0.2) is 36.0 Å². The molecule has 0 saturated heterocycles. The number of rotatable bonds is 2. The van der Waals surface area contributed by atoms with Crippen LogP contribution in [0.15, 0.2) is 53.5 Å². The van der Waals surface area contributed by atoms with Gasteiger partial charge in [0, 0.05) is 28.9 Å². The lowest BCUT2D eigenvalue weighted by molar-refractivity contribution is 0.246. The van der Waals surface area contributed by atoms with Crippen LogP contribution in [-0.2, 0) is 0 Å². The molecule has 0 fully saturated rings. The Hall–Kier alpha value is -1.55. The smallest absolute Gasteiger partial charge is 0.157 e. The number of aliphatic imine (C=N–C) groups is 1. The quantitative estimate of drug-likeness (QED) is 0.673. The number of hydrogen-bond acceptors (Lipinski definition) is 3. The Balaban J connectivity index is 2.23. The largest absolute Gasteiger partial charge is 0.393 e. The molecule has 1 unspecified atom stereocenters. The molecule has 1 atom stereocenters. The first-order valence-electron chi connectivity index (χ1n) is 6.99. The second-order valence-corrected chi connectivity index (χ2v) is 6.41. The second kappa shape index (κ2) is 5.92. The third-order valence-electron chi connectivity index (χ3n) is 3.97. The molecule has 0 saturated carbocycles. The van der Waals surface area contributed by atoms with E-state index in [2.05, 4.69) is 4.99 Å². The maximum Gasteiger partial charge on any atom is 0.157 e. The third-order valence-corrected chi connectivity index (χ3v) is 4.79. The lowest BCUT2D eigenvalue weighted by Gasteiger charge is -2.34. The summed E-state index contributed by atoms with van der Waals surface area (Å²) in [6.45, 7) is 0.0789. The topological polar surface area (TPSA) is 35.8 Å². The van der Waals surface area contributed by atoms with Gasteiger partial charge in [-0.25, -0.2) is 0 Å². The number of halogens is 2. The maximum atomic E-state index is 9.71. The summed E-state index contributed by atoms with van der Waals surface area (Å²) in [7, 11) is 1.87. The van der Waals surface area contributed by atoms with Crippen LogP contribution in [0.1, 0.15) is 11.1 Å². The van der Waals surface area contributed by atoms with Crippen molar-refractivity contribution in [3.8, 4) is 0 Å². The summed E-state index contributed by atoms with van der Waals surface area (Å²) in [5.41, 5.74) is 3.53. The van der Waals surface area contributed by atoms with Gasteiger partial charge >= 0.3 is 0 Å². The number of hydrogen-bond donors (Lipinski definition) is 1. The summed E-state index contributed by atoms with van der Waals surface area (Å²) in [5.74, 6) is 0. The molecule has 1 N–H and O–H groups in total. The van der Waals surface area contributed by atoms with E-state index in [4.69, 9.17) is 23.2 Å². The number of benzene rings is 2. The van der Waals surface area contributed by atoms with Crippen molar-refractivity contribution in [2.45, 2.75) is 5.00 Å². The minimum atomic E-state index is -0.959. The zero-order valence-corrected chi connectivity index (χ0v) is 13.6. The van der Waals surface area contributed by atoms with E-state index in [1.54, 1.807) is 0 Å². The molecule has 1 heterocycles. The summed E-state index contributed by atoms with van der Waals surface area (Å²) in [6.07, 6.45) is 0. The average molecular weight is 335 g/mol. The summed E-state index contributed by atoms with van der Waals surface area (Å²) in [4.78, 5) is 5.58. The first kappa shape index (κ1) is 15.3. The molecule has 2 aromatic rings. The number of anilines is 1.